The molecule has 0 fully saturated rings. The lowest BCUT2D eigenvalue weighted by Crippen LogP contribution is -2.16. The first kappa shape index (κ1) is 14.0. The first-order valence-electron chi connectivity index (χ1n) is 6.52. The van der Waals surface area contributed by atoms with Gasteiger partial charge in [-0.1, -0.05) is 18.2 Å². The molecule has 2 N–H and O–H groups in total. The largest absolute Gasteiger partial charge is 0.367 e. The molecule has 0 aliphatic rings. The fraction of sp³-hybridized carbons (Fsp3) is 0.267. The molecule has 5 nitrogen and oxygen atoms in total. The fourth-order valence-corrected chi connectivity index (χ4v) is 1.72. The minimum absolute atomic E-state index is 0.261. The van der Waals surface area contributed by atoms with Gasteiger partial charge in [0.05, 0.1) is 12.4 Å². The van der Waals surface area contributed by atoms with Gasteiger partial charge in [0.2, 0.25) is 0 Å². The molecule has 0 unspecified atom stereocenters. The molecule has 2 rings (SSSR count). The van der Waals surface area contributed by atoms with Gasteiger partial charge in [0.25, 0.3) is 5.91 Å². The van der Waals surface area contributed by atoms with Crippen LogP contribution in [0.25, 0.3) is 0 Å². The van der Waals surface area contributed by atoms with E-state index in [9.17, 15) is 4.79 Å². The Morgan fingerprint density at radius 3 is 2.50 bits per heavy atom. The van der Waals surface area contributed by atoms with Gasteiger partial charge in [-0.25, -0.2) is 9.97 Å². The number of rotatable bonds is 4. The van der Waals surface area contributed by atoms with Gasteiger partial charge in [0.1, 0.15) is 11.5 Å². The van der Waals surface area contributed by atoms with Crippen molar-refractivity contribution in [2.24, 2.45) is 0 Å². The lowest BCUT2D eigenvalue weighted by Gasteiger charge is -2.09. The van der Waals surface area contributed by atoms with Crippen LogP contribution >= 0.6 is 0 Å². The number of hydrogen-bond donors (Lipinski definition) is 2. The summed E-state index contributed by atoms with van der Waals surface area (Å²) in [6.45, 7) is 5.97. The van der Waals surface area contributed by atoms with Crippen molar-refractivity contribution in [2.45, 2.75) is 26.8 Å². The summed E-state index contributed by atoms with van der Waals surface area (Å²) in [5.41, 5.74) is 2.08. The molecule has 1 aromatic heterocycles. The maximum Gasteiger partial charge on any atom is 0.275 e. The van der Waals surface area contributed by atoms with E-state index in [1.807, 2.05) is 45.0 Å². The maximum atomic E-state index is 12.1. The lowest BCUT2D eigenvalue weighted by molar-refractivity contribution is 0.102. The molecule has 1 amide bonds. The molecule has 5 heteroatoms. The zero-order valence-corrected chi connectivity index (χ0v) is 11.8. The van der Waals surface area contributed by atoms with Crippen molar-refractivity contribution in [1.82, 2.24) is 9.97 Å². The Hall–Kier alpha value is -2.43. The van der Waals surface area contributed by atoms with Gasteiger partial charge in [0, 0.05) is 11.7 Å². The van der Waals surface area contributed by atoms with E-state index in [0.717, 1.165) is 11.3 Å². The number of hydrogen-bond acceptors (Lipinski definition) is 4. The lowest BCUT2D eigenvalue weighted by atomic mass is 10.2. The Bertz CT molecular complexity index is 593. The predicted octanol–water partition coefficient (Wildman–Crippen LogP) is 2.86. The van der Waals surface area contributed by atoms with E-state index in [2.05, 4.69) is 20.6 Å². The highest BCUT2D eigenvalue weighted by molar-refractivity contribution is 6.03. The van der Waals surface area contributed by atoms with Crippen LogP contribution in [0, 0.1) is 6.92 Å². The Morgan fingerprint density at radius 1 is 1.15 bits per heavy atom. The predicted molar refractivity (Wildman–Crippen MR) is 79.9 cm³/mol. The van der Waals surface area contributed by atoms with Crippen LogP contribution < -0.4 is 10.6 Å². The Balaban J connectivity index is 2.08. The summed E-state index contributed by atoms with van der Waals surface area (Å²) in [7, 11) is 0. The zero-order valence-electron chi connectivity index (χ0n) is 11.8. The second kappa shape index (κ2) is 6.14. The second-order valence-electron chi connectivity index (χ2n) is 4.85. The summed E-state index contributed by atoms with van der Waals surface area (Å²) >= 11 is 0. The molecule has 2 aromatic rings. The van der Waals surface area contributed by atoms with Crippen molar-refractivity contribution in [3.63, 3.8) is 0 Å². The molecular formula is C15H18N4O. The molecule has 1 heterocycles. The summed E-state index contributed by atoms with van der Waals surface area (Å²) in [6.07, 6.45) is 3.03. The van der Waals surface area contributed by atoms with Gasteiger partial charge >= 0.3 is 0 Å². The van der Waals surface area contributed by atoms with Crippen molar-refractivity contribution in [3.05, 3.63) is 47.9 Å². The molecule has 1 aromatic carbocycles. The van der Waals surface area contributed by atoms with Crippen LogP contribution in [0.2, 0.25) is 0 Å². The third-order valence-corrected chi connectivity index (χ3v) is 2.71. The van der Waals surface area contributed by atoms with Gasteiger partial charge in [-0.2, -0.15) is 0 Å². The average Bonchev–Trinajstić information content (AvgIpc) is 2.41. The van der Waals surface area contributed by atoms with Crippen LogP contribution in [-0.2, 0) is 0 Å². The van der Waals surface area contributed by atoms with Crippen molar-refractivity contribution >= 4 is 17.4 Å². The van der Waals surface area contributed by atoms with Crippen molar-refractivity contribution in [2.75, 3.05) is 10.6 Å². The summed E-state index contributed by atoms with van der Waals surface area (Å²) in [5, 5.41) is 5.95. The highest BCUT2D eigenvalue weighted by Crippen LogP contribution is 2.14. The number of para-hydroxylation sites is 1. The minimum atomic E-state index is -0.261. The molecular weight excluding hydrogens is 252 g/mol. The molecule has 0 aliphatic heterocycles. The van der Waals surface area contributed by atoms with Crippen LogP contribution in [0.3, 0.4) is 0 Å². The summed E-state index contributed by atoms with van der Waals surface area (Å²) in [5.74, 6) is 0.398. The van der Waals surface area contributed by atoms with E-state index >= 15 is 0 Å². The maximum absolute atomic E-state index is 12.1. The number of aryl methyl sites for hydroxylation is 1. The second-order valence-corrected chi connectivity index (χ2v) is 4.85. The van der Waals surface area contributed by atoms with Gasteiger partial charge < -0.3 is 10.6 Å². The van der Waals surface area contributed by atoms with Crippen molar-refractivity contribution in [3.8, 4) is 0 Å². The third kappa shape index (κ3) is 3.54. The highest BCUT2D eigenvalue weighted by atomic mass is 16.1. The average molecular weight is 270 g/mol. The van der Waals surface area contributed by atoms with E-state index < -0.39 is 0 Å². The molecule has 104 valence electrons. The minimum Gasteiger partial charge on any atom is -0.367 e. The van der Waals surface area contributed by atoms with Crippen molar-refractivity contribution in [1.29, 1.82) is 0 Å². The quantitative estimate of drug-likeness (QED) is 0.896. The molecule has 0 radical (unpaired) electrons. The van der Waals surface area contributed by atoms with E-state index in [0.29, 0.717) is 11.5 Å². The van der Waals surface area contributed by atoms with Gasteiger partial charge in [-0.3, -0.25) is 4.79 Å². The van der Waals surface area contributed by atoms with E-state index in [-0.39, 0.29) is 11.9 Å². The molecule has 20 heavy (non-hydrogen) atoms. The zero-order chi connectivity index (χ0) is 14.5. The molecule has 0 saturated heterocycles. The summed E-state index contributed by atoms with van der Waals surface area (Å²) in [4.78, 5) is 20.4. The first-order chi connectivity index (χ1) is 9.56. The van der Waals surface area contributed by atoms with Crippen LogP contribution in [0.4, 0.5) is 11.5 Å². The monoisotopic (exact) mass is 270 g/mol. The molecule has 0 aliphatic carbocycles. The number of carbonyl (C=O) groups excluding carboxylic acids is 1. The molecule has 0 atom stereocenters. The number of carbonyl (C=O) groups is 1. The first-order valence-corrected chi connectivity index (χ1v) is 6.52. The Morgan fingerprint density at radius 2 is 1.90 bits per heavy atom. The normalized spacial score (nSPS) is 10.4. The van der Waals surface area contributed by atoms with Crippen LogP contribution in [0.15, 0.2) is 36.7 Å². The highest BCUT2D eigenvalue weighted by Gasteiger charge is 2.09. The number of anilines is 2. The fourth-order valence-electron chi connectivity index (χ4n) is 1.72. The van der Waals surface area contributed by atoms with Gasteiger partial charge in [-0.15, -0.1) is 0 Å². The standard InChI is InChI=1S/C15H18N4O/c1-10(2)18-14-9-16-13(8-17-14)15(20)19-12-7-5-4-6-11(12)3/h4-10H,1-3H3,(H,17,18)(H,19,20). The van der Waals surface area contributed by atoms with Crippen LogP contribution in [0.1, 0.15) is 29.9 Å². The SMILES string of the molecule is Cc1ccccc1NC(=O)c1cnc(NC(C)C)cn1. The van der Waals surface area contributed by atoms with E-state index in [4.69, 9.17) is 0 Å². The number of benzene rings is 1. The van der Waals surface area contributed by atoms with Gasteiger partial charge in [0.15, 0.2) is 0 Å². The summed E-state index contributed by atoms with van der Waals surface area (Å²) < 4.78 is 0. The summed E-state index contributed by atoms with van der Waals surface area (Å²) in [6, 6.07) is 7.88. The number of nitrogens with one attached hydrogen (secondary N) is 2. The number of amides is 1. The van der Waals surface area contributed by atoms with Gasteiger partial charge in [-0.05, 0) is 32.4 Å². The third-order valence-electron chi connectivity index (χ3n) is 2.71. The topological polar surface area (TPSA) is 66.9 Å². The Kier molecular flexibility index (Phi) is 4.30. The number of aromatic nitrogens is 2. The van der Waals surface area contributed by atoms with Crippen LogP contribution in [-0.4, -0.2) is 21.9 Å². The smallest absolute Gasteiger partial charge is 0.275 e. The molecule has 0 saturated carbocycles. The molecule has 0 spiro atoms. The van der Waals surface area contributed by atoms with E-state index in [1.165, 1.54) is 6.20 Å². The van der Waals surface area contributed by atoms with Crippen molar-refractivity contribution < 1.29 is 4.79 Å². The number of nitrogens with zero attached hydrogens (tertiary/aromatic N) is 2. The Labute approximate surface area is 118 Å². The molecule has 0 bridgehead atoms. The van der Waals surface area contributed by atoms with Crippen LogP contribution in [0.5, 0.6) is 0 Å². The van der Waals surface area contributed by atoms with E-state index in [1.54, 1.807) is 6.20 Å².